The summed E-state index contributed by atoms with van der Waals surface area (Å²) in [6.07, 6.45) is 1.50. The van der Waals surface area contributed by atoms with Gasteiger partial charge in [0.2, 0.25) is 0 Å². The van der Waals surface area contributed by atoms with E-state index in [-0.39, 0.29) is 46.0 Å². The number of anilines is 1. The largest absolute Gasteiger partial charge is 0.484 e. The molecule has 0 atom stereocenters. The van der Waals surface area contributed by atoms with E-state index in [0.29, 0.717) is 6.54 Å². The van der Waals surface area contributed by atoms with Crippen LogP contribution in [-0.2, 0) is 17.9 Å². The van der Waals surface area contributed by atoms with E-state index in [1.165, 1.54) is 48.3 Å². The van der Waals surface area contributed by atoms with Crippen molar-refractivity contribution in [3.63, 3.8) is 0 Å². The number of carbonyl (C=O) groups excluding carboxylic acids is 2. The standard InChI is InChI=1S/C19H17ClN4O7/c1-3-23-9-14(17(22-23)19(26)29-2)21-18(25)15-7-5-12(31-15)10-30-16-8-11(24(27)28)4-6-13(16)20/h4-9H,3,10H2,1-2H3,(H,21,25). The number of methoxy groups -OCH3 is 1. The highest BCUT2D eigenvalue weighted by atomic mass is 35.5. The lowest BCUT2D eigenvalue weighted by molar-refractivity contribution is -0.384. The third-order valence-corrected chi connectivity index (χ3v) is 4.41. The number of amides is 1. The number of nitrogens with one attached hydrogen (secondary N) is 1. The number of esters is 1. The van der Waals surface area contributed by atoms with Crippen molar-refractivity contribution in [2.24, 2.45) is 0 Å². The predicted octanol–water partition coefficient (Wildman–Crippen LogP) is 3.68. The van der Waals surface area contributed by atoms with E-state index in [1.54, 1.807) is 0 Å². The van der Waals surface area contributed by atoms with Crippen LogP contribution in [0.5, 0.6) is 5.75 Å². The van der Waals surface area contributed by atoms with E-state index >= 15 is 0 Å². The lowest BCUT2D eigenvalue weighted by atomic mass is 10.3. The number of benzene rings is 1. The first-order valence-electron chi connectivity index (χ1n) is 8.95. The van der Waals surface area contributed by atoms with Crippen LogP contribution in [-0.4, -0.2) is 33.7 Å². The number of hydrogen-bond donors (Lipinski definition) is 1. The molecule has 0 aliphatic heterocycles. The van der Waals surface area contributed by atoms with Crippen molar-refractivity contribution in [3.8, 4) is 5.75 Å². The van der Waals surface area contributed by atoms with Crippen LogP contribution >= 0.6 is 11.6 Å². The summed E-state index contributed by atoms with van der Waals surface area (Å²) in [6, 6.07) is 6.74. The molecular weight excluding hydrogens is 432 g/mol. The predicted molar refractivity (Wildman–Crippen MR) is 108 cm³/mol. The molecule has 0 radical (unpaired) electrons. The highest BCUT2D eigenvalue weighted by Gasteiger charge is 2.21. The number of furan rings is 1. The van der Waals surface area contributed by atoms with Crippen LogP contribution in [0, 0.1) is 10.1 Å². The molecule has 0 saturated carbocycles. The smallest absolute Gasteiger partial charge is 0.360 e. The second kappa shape index (κ2) is 9.30. The van der Waals surface area contributed by atoms with Crippen molar-refractivity contribution >= 4 is 34.9 Å². The molecule has 0 aliphatic rings. The molecule has 1 amide bonds. The number of carbonyl (C=O) groups is 2. The van der Waals surface area contributed by atoms with E-state index < -0.39 is 16.8 Å². The normalized spacial score (nSPS) is 10.5. The Labute approximate surface area is 180 Å². The van der Waals surface area contributed by atoms with Gasteiger partial charge in [-0.2, -0.15) is 5.10 Å². The van der Waals surface area contributed by atoms with Crippen LogP contribution in [0.3, 0.4) is 0 Å². The van der Waals surface area contributed by atoms with E-state index in [9.17, 15) is 19.7 Å². The maximum Gasteiger partial charge on any atom is 0.360 e. The molecule has 3 rings (SSSR count). The number of rotatable bonds is 8. The maximum absolute atomic E-state index is 12.5. The number of non-ortho nitro benzene ring substituents is 1. The second-order valence-electron chi connectivity index (χ2n) is 6.12. The van der Waals surface area contributed by atoms with Crippen LogP contribution in [0.2, 0.25) is 5.02 Å². The Hall–Kier alpha value is -3.86. The SMILES string of the molecule is CCn1cc(NC(=O)c2ccc(COc3cc([N+](=O)[O-])ccc3Cl)o2)c(C(=O)OC)n1. The summed E-state index contributed by atoms with van der Waals surface area (Å²) in [5.74, 6) is -0.952. The number of nitrogens with zero attached hydrogens (tertiary/aromatic N) is 3. The van der Waals surface area contributed by atoms with Crippen LogP contribution in [0.4, 0.5) is 11.4 Å². The number of aryl methyl sites for hydroxylation is 1. The number of aromatic nitrogens is 2. The van der Waals surface area contributed by atoms with Gasteiger partial charge in [0.1, 0.15) is 18.1 Å². The van der Waals surface area contributed by atoms with Gasteiger partial charge >= 0.3 is 5.97 Å². The van der Waals surface area contributed by atoms with Crippen molar-refractivity contribution in [3.05, 3.63) is 68.9 Å². The lowest BCUT2D eigenvalue weighted by Gasteiger charge is -2.06. The molecule has 162 valence electrons. The molecule has 2 aromatic heterocycles. The Morgan fingerprint density at radius 2 is 2.10 bits per heavy atom. The summed E-state index contributed by atoms with van der Waals surface area (Å²) in [5, 5.41) is 17.7. The van der Waals surface area contributed by atoms with Crippen LogP contribution in [0.1, 0.15) is 33.7 Å². The zero-order chi connectivity index (χ0) is 22.5. The van der Waals surface area contributed by atoms with E-state index in [2.05, 4.69) is 15.2 Å². The molecule has 0 aliphatic carbocycles. The van der Waals surface area contributed by atoms with Gasteiger partial charge in [-0.3, -0.25) is 19.6 Å². The zero-order valence-electron chi connectivity index (χ0n) is 16.5. The average molecular weight is 449 g/mol. The van der Waals surface area contributed by atoms with Crippen LogP contribution in [0.15, 0.2) is 40.9 Å². The highest BCUT2D eigenvalue weighted by Crippen LogP contribution is 2.29. The third kappa shape index (κ3) is 5.01. The van der Waals surface area contributed by atoms with Crippen molar-refractivity contribution in [1.82, 2.24) is 9.78 Å². The molecule has 0 saturated heterocycles. The number of nitro benzene ring substituents is 1. The van der Waals surface area contributed by atoms with E-state index in [0.717, 1.165) is 0 Å². The fourth-order valence-corrected chi connectivity index (χ4v) is 2.72. The Morgan fingerprint density at radius 3 is 2.77 bits per heavy atom. The molecule has 11 nitrogen and oxygen atoms in total. The molecule has 31 heavy (non-hydrogen) atoms. The summed E-state index contributed by atoms with van der Waals surface area (Å²) in [7, 11) is 1.21. The van der Waals surface area contributed by atoms with Crippen LogP contribution in [0.25, 0.3) is 0 Å². The van der Waals surface area contributed by atoms with Crippen molar-refractivity contribution in [2.75, 3.05) is 12.4 Å². The highest BCUT2D eigenvalue weighted by molar-refractivity contribution is 6.32. The van der Waals surface area contributed by atoms with Gasteiger partial charge in [-0.15, -0.1) is 0 Å². The van der Waals surface area contributed by atoms with Crippen molar-refractivity contribution in [2.45, 2.75) is 20.1 Å². The molecule has 1 N–H and O–H groups in total. The summed E-state index contributed by atoms with van der Waals surface area (Å²) >= 11 is 5.99. The van der Waals surface area contributed by atoms with Crippen molar-refractivity contribution < 1.29 is 28.4 Å². The number of nitro groups is 1. The van der Waals surface area contributed by atoms with Gasteiger partial charge < -0.3 is 19.2 Å². The van der Waals surface area contributed by atoms with Gasteiger partial charge in [-0.05, 0) is 25.1 Å². The average Bonchev–Trinajstić information content (AvgIpc) is 3.39. The monoisotopic (exact) mass is 448 g/mol. The molecule has 12 heteroatoms. The van der Waals surface area contributed by atoms with Crippen LogP contribution < -0.4 is 10.1 Å². The molecule has 0 unspecified atom stereocenters. The summed E-state index contributed by atoms with van der Waals surface area (Å²) in [5.41, 5.74) is -0.0302. The minimum Gasteiger partial charge on any atom is -0.484 e. The van der Waals surface area contributed by atoms with E-state index in [1.807, 2.05) is 6.92 Å². The van der Waals surface area contributed by atoms with Gasteiger partial charge in [0.15, 0.2) is 11.5 Å². The summed E-state index contributed by atoms with van der Waals surface area (Å²) in [4.78, 5) is 34.7. The summed E-state index contributed by atoms with van der Waals surface area (Å²) < 4.78 is 17.1. The topological polar surface area (TPSA) is 139 Å². The Morgan fingerprint density at radius 1 is 1.32 bits per heavy atom. The van der Waals surface area contributed by atoms with E-state index in [4.69, 9.17) is 20.8 Å². The first kappa shape index (κ1) is 21.8. The number of hydrogen-bond acceptors (Lipinski definition) is 8. The second-order valence-corrected chi connectivity index (χ2v) is 6.53. The Balaban J connectivity index is 1.69. The molecule has 0 bridgehead atoms. The molecule has 1 aromatic carbocycles. The van der Waals surface area contributed by atoms with Crippen molar-refractivity contribution in [1.29, 1.82) is 0 Å². The van der Waals surface area contributed by atoms with Gasteiger partial charge in [0.05, 0.1) is 28.8 Å². The first-order valence-corrected chi connectivity index (χ1v) is 9.32. The first-order chi connectivity index (χ1) is 14.8. The van der Waals surface area contributed by atoms with Gasteiger partial charge in [-0.25, -0.2) is 4.79 Å². The number of ether oxygens (including phenoxy) is 2. The summed E-state index contributed by atoms with van der Waals surface area (Å²) in [6.45, 7) is 2.20. The molecule has 0 fully saturated rings. The van der Waals surface area contributed by atoms with Gasteiger partial charge in [0, 0.05) is 18.8 Å². The molecule has 3 aromatic rings. The maximum atomic E-state index is 12.5. The van der Waals surface area contributed by atoms with Gasteiger partial charge in [0.25, 0.3) is 11.6 Å². The quantitative estimate of drug-likeness (QED) is 0.313. The van der Waals surface area contributed by atoms with Gasteiger partial charge in [-0.1, -0.05) is 11.6 Å². The number of halogens is 1. The third-order valence-electron chi connectivity index (χ3n) is 4.09. The lowest BCUT2D eigenvalue weighted by Crippen LogP contribution is -2.14. The fraction of sp³-hybridized carbons (Fsp3) is 0.211. The Bertz CT molecular complexity index is 1140. The fourth-order valence-electron chi connectivity index (χ4n) is 2.55. The Kier molecular flexibility index (Phi) is 6.55. The molecule has 0 spiro atoms. The minimum atomic E-state index is -0.690. The minimum absolute atomic E-state index is 0.0341. The molecular formula is C19H17ClN4O7. The zero-order valence-corrected chi connectivity index (χ0v) is 17.2. The molecule has 2 heterocycles.